The van der Waals surface area contributed by atoms with Crippen molar-refractivity contribution in [2.75, 3.05) is 26.2 Å². The average Bonchev–Trinajstić information content (AvgIpc) is 4.10. The fourth-order valence-corrected chi connectivity index (χ4v) is 8.34. The van der Waals surface area contributed by atoms with E-state index in [2.05, 4.69) is 27.0 Å². The topological polar surface area (TPSA) is 203 Å². The number of hydrogen-bond donors (Lipinski definition) is 7. The van der Waals surface area contributed by atoms with E-state index in [1.54, 1.807) is 25.3 Å². The lowest BCUT2D eigenvalue weighted by Crippen LogP contribution is -2.65. The van der Waals surface area contributed by atoms with Crippen LogP contribution in [0, 0.1) is 0 Å². The van der Waals surface area contributed by atoms with Crippen molar-refractivity contribution in [3.8, 4) is 16.9 Å². The van der Waals surface area contributed by atoms with Crippen LogP contribution >= 0.6 is 11.6 Å². The summed E-state index contributed by atoms with van der Waals surface area (Å²) < 4.78 is 40.2. The molecule has 3 aliphatic rings. The van der Waals surface area contributed by atoms with E-state index >= 15 is 0 Å². The Morgan fingerprint density at radius 2 is 1.85 bits per heavy atom. The summed E-state index contributed by atoms with van der Waals surface area (Å²) >= 11 is 6.62. The Labute approximate surface area is 314 Å². The molecule has 1 aromatic heterocycles. The fourth-order valence-electron chi connectivity index (χ4n) is 6.61. The molecule has 6 rings (SSSR count). The molecule has 2 heterocycles. The third kappa shape index (κ3) is 9.12. The van der Waals surface area contributed by atoms with E-state index in [0.29, 0.717) is 30.0 Å². The third-order valence-electron chi connectivity index (χ3n) is 10.0. The number of aromatic nitrogens is 1. The summed E-state index contributed by atoms with van der Waals surface area (Å²) in [6.07, 6.45) is 2.84. The quantitative estimate of drug-likeness (QED) is 0.0995. The maximum absolute atomic E-state index is 13.8. The molecule has 1 aliphatic heterocycles. The number of benzene rings is 2. The molecule has 3 aromatic rings. The number of amides is 2. The smallest absolute Gasteiger partial charge is 0.315 e. The average molecular weight is 774 g/mol. The first-order valence-electron chi connectivity index (χ1n) is 18.1. The monoisotopic (exact) mass is 773 g/mol. The van der Waals surface area contributed by atoms with Crippen molar-refractivity contribution in [2.24, 2.45) is 0 Å². The highest BCUT2D eigenvalue weighted by Gasteiger charge is 2.46. The van der Waals surface area contributed by atoms with Crippen molar-refractivity contribution in [3.63, 3.8) is 0 Å². The molecule has 2 saturated carbocycles. The zero-order chi connectivity index (χ0) is 37.8. The number of aliphatic hydroxyl groups is 4. The third-order valence-corrected chi connectivity index (χ3v) is 12.4. The molecule has 0 unspecified atom stereocenters. The summed E-state index contributed by atoms with van der Waals surface area (Å²) in [5.41, 5.74) is 3.44. The van der Waals surface area contributed by atoms with Crippen LogP contribution in [0.3, 0.4) is 0 Å². The molecular formula is C37H48ClN5O9S. The number of carbonyl (C=O) groups excluding carboxylic acids is 1. The van der Waals surface area contributed by atoms with E-state index in [-0.39, 0.29) is 36.2 Å². The van der Waals surface area contributed by atoms with E-state index in [1.165, 1.54) is 10.4 Å². The van der Waals surface area contributed by atoms with Crippen LogP contribution in [0.25, 0.3) is 11.1 Å². The molecule has 14 nitrogen and oxygen atoms in total. The number of nitrogens with one attached hydrogen (secondary N) is 3. The lowest BCUT2D eigenvalue weighted by Gasteiger charge is -2.40. The number of unbranched alkanes of at least 4 members (excludes halogenated alkanes) is 1. The molecule has 16 heteroatoms. The number of pyridine rings is 1. The standard InChI is InChI=1S/C37H48ClN5O9S/c1-2-43(18-6-5-16-40-36(48)42-32-34(46)33(45)31(22-44)52-35(32)47)53(49,50)25-11-12-29(38)23(19-25)20-41-37(14-15-37)28-21-39-17-13-26(28)27-7-3-4-8-30(27)51-24-9-10-24/h3-4,7-8,11-13,17,19,21,24,31-35,41,44-47H,2,5-6,9-10,14-16,18,20,22H2,1H3,(H2,40,42,48)/t31-,32-,33-,34-,35-/m1/s1. The molecule has 7 N–H and O–H groups in total. The number of halogens is 1. The molecular weight excluding hydrogens is 726 g/mol. The number of para-hydroxylation sites is 1. The molecule has 2 amide bonds. The Morgan fingerprint density at radius 3 is 2.57 bits per heavy atom. The molecule has 288 valence electrons. The maximum Gasteiger partial charge on any atom is 0.315 e. The van der Waals surface area contributed by atoms with Crippen LogP contribution in [0.4, 0.5) is 4.79 Å². The van der Waals surface area contributed by atoms with Gasteiger partial charge in [-0.15, -0.1) is 0 Å². The van der Waals surface area contributed by atoms with Crippen LogP contribution in [0.15, 0.2) is 65.8 Å². The number of carbonyl (C=O) groups is 1. The van der Waals surface area contributed by atoms with Gasteiger partial charge in [0.25, 0.3) is 0 Å². The van der Waals surface area contributed by atoms with Gasteiger partial charge in [-0.05, 0) is 85.5 Å². The van der Waals surface area contributed by atoms with Gasteiger partial charge in [-0.3, -0.25) is 4.98 Å². The Balaban J connectivity index is 1.04. The zero-order valence-corrected chi connectivity index (χ0v) is 31.1. The Bertz CT molecular complexity index is 1840. The van der Waals surface area contributed by atoms with E-state index in [1.807, 2.05) is 30.5 Å². The van der Waals surface area contributed by atoms with Crippen molar-refractivity contribution in [2.45, 2.75) is 99.2 Å². The Morgan fingerprint density at radius 1 is 1.08 bits per heavy atom. The van der Waals surface area contributed by atoms with E-state index in [9.17, 15) is 33.6 Å². The fraction of sp³-hybridized carbons (Fsp3) is 0.514. The van der Waals surface area contributed by atoms with Gasteiger partial charge < -0.3 is 45.9 Å². The number of nitrogens with zero attached hydrogens (tertiary/aromatic N) is 2. The van der Waals surface area contributed by atoms with Crippen molar-refractivity contribution in [3.05, 3.63) is 77.1 Å². The van der Waals surface area contributed by atoms with Crippen molar-refractivity contribution in [1.82, 2.24) is 25.2 Å². The highest BCUT2D eigenvalue weighted by atomic mass is 35.5. The first-order valence-corrected chi connectivity index (χ1v) is 19.9. The minimum atomic E-state index is -3.87. The molecule has 0 bridgehead atoms. The van der Waals surface area contributed by atoms with Gasteiger partial charge in [-0.2, -0.15) is 4.31 Å². The van der Waals surface area contributed by atoms with Gasteiger partial charge in [0.05, 0.1) is 17.6 Å². The predicted octanol–water partition coefficient (Wildman–Crippen LogP) is 2.61. The van der Waals surface area contributed by atoms with Crippen LogP contribution in [-0.4, -0.2) is 107 Å². The second-order valence-corrected chi connectivity index (χ2v) is 16.1. The summed E-state index contributed by atoms with van der Waals surface area (Å²) in [5, 5.41) is 48.6. The van der Waals surface area contributed by atoms with Crippen LogP contribution in [0.1, 0.15) is 56.6 Å². The van der Waals surface area contributed by atoms with Gasteiger partial charge in [-0.1, -0.05) is 36.7 Å². The Hall–Kier alpha value is -3.38. The Kier molecular flexibility index (Phi) is 12.6. The normalized spacial score (nSPS) is 23.8. The van der Waals surface area contributed by atoms with Crippen molar-refractivity contribution in [1.29, 1.82) is 0 Å². The van der Waals surface area contributed by atoms with Gasteiger partial charge in [0.1, 0.15) is 30.1 Å². The van der Waals surface area contributed by atoms with Gasteiger partial charge in [0.15, 0.2) is 6.29 Å². The van der Waals surface area contributed by atoms with Crippen LogP contribution in [0.5, 0.6) is 5.75 Å². The lowest BCUT2D eigenvalue weighted by atomic mass is 9.94. The largest absolute Gasteiger partial charge is 0.490 e. The van der Waals surface area contributed by atoms with Crippen molar-refractivity contribution >= 4 is 27.7 Å². The number of sulfonamides is 1. The SMILES string of the molecule is CCN(CCCCNC(=O)N[C@@H]1[C@@H](O)[C@H](O)[C@@H](CO)O[C@H]1O)S(=O)(=O)c1ccc(Cl)c(CNC2(c3cnccc3-c3ccccc3OC3CC3)CC2)c1. The summed E-state index contributed by atoms with van der Waals surface area (Å²) in [7, 11) is -3.87. The molecule has 2 aliphatic carbocycles. The van der Waals surface area contributed by atoms with E-state index in [4.69, 9.17) is 21.1 Å². The summed E-state index contributed by atoms with van der Waals surface area (Å²) in [6.45, 7) is 2.12. The maximum atomic E-state index is 13.8. The van der Waals surface area contributed by atoms with E-state index in [0.717, 1.165) is 48.1 Å². The molecule has 3 fully saturated rings. The van der Waals surface area contributed by atoms with Crippen LogP contribution in [0.2, 0.25) is 5.02 Å². The molecule has 2 aromatic carbocycles. The number of hydrogen-bond acceptors (Lipinski definition) is 11. The van der Waals surface area contributed by atoms with Crippen molar-refractivity contribution < 1.29 is 43.1 Å². The summed E-state index contributed by atoms with van der Waals surface area (Å²) in [4.78, 5) is 17.0. The summed E-state index contributed by atoms with van der Waals surface area (Å²) in [5.74, 6) is 0.854. The van der Waals surface area contributed by atoms with Gasteiger partial charge in [-0.25, -0.2) is 13.2 Å². The molecule has 53 heavy (non-hydrogen) atoms. The number of urea groups is 1. The zero-order valence-electron chi connectivity index (χ0n) is 29.5. The second kappa shape index (κ2) is 17.0. The predicted molar refractivity (Wildman–Crippen MR) is 196 cm³/mol. The minimum absolute atomic E-state index is 0.133. The molecule has 0 radical (unpaired) electrons. The minimum Gasteiger partial charge on any atom is -0.490 e. The highest BCUT2D eigenvalue weighted by Crippen LogP contribution is 2.50. The first kappa shape index (κ1) is 39.3. The molecule has 0 spiro atoms. The highest BCUT2D eigenvalue weighted by molar-refractivity contribution is 7.89. The number of ether oxygens (including phenoxy) is 2. The van der Waals surface area contributed by atoms with Gasteiger partial charge >= 0.3 is 6.03 Å². The second-order valence-electron chi connectivity index (χ2n) is 13.8. The lowest BCUT2D eigenvalue weighted by molar-refractivity contribution is -0.252. The number of rotatable bonds is 17. The first-order chi connectivity index (χ1) is 25.5. The van der Waals surface area contributed by atoms with Crippen LogP contribution in [-0.2, 0) is 26.8 Å². The van der Waals surface area contributed by atoms with Gasteiger partial charge in [0, 0.05) is 54.7 Å². The van der Waals surface area contributed by atoms with E-state index < -0.39 is 53.3 Å². The van der Waals surface area contributed by atoms with Crippen LogP contribution < -0.4 is 20.7 Å². The number of aliphatic hydroxyl groups excluding tert-OH is 4. The summed E-state index contributed by atoms with van der Waals surface area (Å²) in [6, 6.07) is 12.8. The molecule has 1 saturated heterocycles. The van der Waals surface area contributed by atoms with Gasteiger partial charge in [0.2, 0.25) is 10.0 Å². The molecule has 5 atom stereocenters.